The second-order valence-corrected chi connectivity index (χ2v) is 5.39. The van der Waals surface area contributed by atoms with Crippen LogP contribution in [0.3, 0.4) is 0 Å². The fourth-order valence-corrected chi connectivity index (χ4v) is 1.22. The van der Waals surface area contributed by atoms with Gasteiger partial charge in [0.05, 0.1) is 6.61 Å². The lowest BCUT2D eigenvalue weighted by atomic mass is 10.1. The Kier molecular flexibility index (Phi) is 6.88. The molecule has 4 heteroatoms. The van der Waals surface area contributed by atoms with Crippen LogP contribution in [0.2, 0.25) is 0 Å². The summed E-state index contributed by atoms with van der Waals surface area (Å²) >= 11 is 0. The van der Waals surface area contributed by atoms with Gasteiger partial charge in [-0.05, 0) is 33.1 Å². The van der Waals surface area contributed by atoms with E-state index in [1.54, 1.807) is 6.08 Å². The normalized spacial score (nSPS) is 13.3. The van der Waals surface area contributed by atoms with E-state index >= 15 is 0 Å². The quantitative estimate of drug-likeness (QED) is 0.576. The third-order valence-corrected chi connectivity index (χ3v) is 1.78. The second-order valence-electron chi connectivity index (χ2n) is 5.39. The summed E-state index contributed by atoms with van der Waals surface area (Å²) in [5.41, 5.74) is -0.495. The molecule has 0 saturated heterocycles. The summed E-state index contributed by atoms with van der Waals surface area (Å²) in [4.78, 5) is 11.6. The summed E-state index contributed by atoms with van der Waals surface area (Å²) in [6.07, 6.45) is 1.62. The molecular formula is C13H25NO3. The predicted molar refractivity (Wildman–Crippen MR) is 68.8 cm³/mol. The largest absolute Gasteiger partial charge is 0.444 e. The van der Waals surface area contributed by atoms with Gasteiger partial charge >= 0.3 is 6.09 Å². The van der Waals surface area contributed by atoms with Gasteiger partial charge in [0, 0.05) is 0 Å². The van der Waals surface area contributed by atoms with Crippen molar-refractivity contribution < 1.29 is 14.3 Å². The summed E-state index contributed by atoms with van der Waals surface area (Å²) in [7, 11) is 0. The van der Waals surface area contributed by atoms with Crippen LogP contribution >= 0.6 is 0 Å². The van der Waals surface area contributed by atoms with Crippen molar-refractivity contribution in [2.75, 3.05) is 6.61 Å². The molecule has 0 heterocycles. The minimum atomic E-state index is -0.495. The first-order valence-corrected chi connectivity index (χ1v) is 5.96. The van der Waals surface area contributed by atoms with Gasteiger partial charge in [0.2, 0.25) is 0 Å². The lowest BCUT2D eigenvalue weighted by molar-refractivity contribution is 0.00742. The van der Waals surface area contributed by atoms with Gasteiger partial charge in [-0.1, -0.05) is 19.9 Å². The monoisotopic (exact) mass is 243 g/mol. The highest BCUT2D eigenvalue weighted by Crippen LogP contribution is 2.10. The van der Waals surface area contributed by atoms with Crippen molar-refractivity contribution in [2.24, 2.45) is 5.92 Å². The molecule has 1 atom stereocenters. The molecule has 0 fully saturated rings. The van der Waals surface area contributed by atoms with Gasteiger partial charge in [-0.25, -0.2) is 4.79 Å². The highest BCUT2D eigenvalue weighted by Gasteiger charge is 2.20. The molecule has 1 unspecified atom stereocenters. The minimum absolute atomic E-state index is 0.331. The molecule has 0 rings (SSSR count). The van der Waals surface area contributed by atoms with Crippen LogP contribution in [0, 0.1) is 5.92 Å². The zero-order chi connectivity index (χ0) is 13.5. The van der Waals surface area contributed by atoms with Gasteiger partial charge in [0.25, 0.3) is 0 Å². The molecule has 0 bridgehead atoms. The van der Waals surface area contributed by atoms with E-state index in [1.165, 1.54) is 0 Å². The van der Waals surface area contributed by atoms with Gasteiger partial charge in [0.15, 0.2) is 0 Å². The maximum Gasteiger partial charge on any atom is 0.409 e. The highest BCUT2D eigenvalue weighted by atomic mass is 16.6. The van der Waals surface area contributed by atoms with Crippen LogP contribution in [0.5, 0.6) is 0 Å². The van der Waals surface area contributed by atoms with Crippen LogP contribution in [-0.2, 0) is 9.47 Å². The van der Waals surface area contributed by atoms with Crippen molar-refractivity contribution in [1.29, 1.82) is 0 Å². The average molecular weight is 243 g/mol. The molecule has 17 heavy (non-hydrogen) atoms. The second kappa shape index (κ2) is 7.33. The molecule has 0 radical (unpaired) electrons. The number of alkyl carbamates (subject to hydrolysis) is 1. The summed E-state index contributed by atoms with van der Waals surface area (Å²) in [5, 5.41) is 2.71. The number of hydrogen-bond acceptors (Lipinski definition) is 3. The molecule has 0 saturated carbocycles. The van der Waals surface area contributed by atoms with Crippen molar-refractivity contribution in [3.05, 3.63) is 12.7 Å². The number of ether oxygens (including phenoxy) is 2. The first-order chi connectivity index (χ1) is 7.74. The summed E-state index contributed by atoms with van der Waals surface area (Å²) in [5.74, 6) is 0.430. The topological polar surface area (TPSA) is 47.6 Å². The van der Waals surface area contributed by atoms with Crippen LogP contribution in [0.4, 0.5) is 4.79 Å². The zero-order valence-corrected chi connectivity index (χ0v) is 11.6. The molecule has 1 N–H and O–H groups in total. The molecule has 0 aliphatic rings. The Balaban J connectivity index is 4.21. The maximum atomic E-state index is 11.6. The summed E-state index contributed by atoms with van der Waals surface area (Å²) in [6.45, 7) is 13.6. The Bertz CT molecular complexity index is 244. The molecule has 0 aromatic heterocycles. The van der Waals surface area contributed by atoms with Gasteiger partial charge in [0.1, 0.15) is 11.8 Å². The molecular weight excluding hydrogens is 218 g/mol. The number of carbonyl (C=O) groups is 1. The number of hydrogen-bond donors (Lipinski definition) is 1. The van der Waals surface area contributed by atoms with Crippen LogP contribution in [0.25, 0.3) is 0 Å². The van der Waals surface area contributed by atoms with Crippen molar-refractivity contribution in [3.63, 3.8) is 0 Å². The van der Waals surface area contributed by atoms with Crippen LogP contribution in [0.15, 0.2) is 12.7 Å². The summed E-state index contributed by atoms with van der Waals surface area (Å²) < 4.78 is 10.6. The molecule has 4 nitrogen and oxygen atoms in total. The van der Waals surface area contributed by atoms with Gasteiger partial charge in [-0.2, -0.15) is 0 Å². The third-order valence-electron chi connectivity index (χ3n) is 1.78. The zero-order valence-electron chi connectivity index (χ0n) is 11.6. The first-order valence-electron chi connectivity index (χ1n) is 5.96. The Hall–Kier alpha value is -1.03. The highest BCUT2D eigenvalue weighted by molar-refractivity contribution is 5.67. The van der Waals surface area contributed by atoms with E-state index in [0.717, 1.165) is 6.42 Å². The minimum Gasteiger partial charge on any atom is -0.444 e. The smallest absolute Gasteiger partial charge is 0.409 e. The fraction of sp³-hybridized carbons (Fsp3) is 0.769. The molecule has 1 amide bonds. The van der Waals surface area contributed by atoms with E-state index in [2.05, 4.69) is 25.7 Å². The van der Waals surface area contributed by atoms with Crippen LogP contribution in [-0.4, -0.2) is 24.5 Å². The maximum absolute atomic E-state index is 11.6. The van der Waals surface area contributed by atoms with Crippen molar-refractivity contribution in [1.82, 2.24) is 5.32 Å². The lowest BCUT2D eigenvalue weighted by Crippen LogP contribution is -2.41. The Morgan fingerprint density at radius 1 is 1.41 bits per heavy atom. The number of carbonyl (C=O) groups excluding carboxylic acids is 1. The van der Waals surface area contributed by atoms with Crippen molar-refractivity contribution >= 4 is 6.09 Å². The molecule has 0 spiro atoms. The van der Waals surface area contributed by atoms with Crippen molar-refractivity contribution in [2.45, 2.75) is 52.9 Å². The summed E-state index contributed by atoms with van der Waals surface area (Å²) in [6, 6.07) is 0. The lowest BCUT2D eigenvalue weighted by Gasteiger charge is -2.24. The average Bonchev–Trinajstić information content (AvgIpc) is 2.09. The molecule has 0 aromatic carbocycles. The van der Waals surface area contributed by atoms with E-state index < -0.39 is 11.7 Å². The SMILES string of the molecule is C=CCOC(CC(C)C)NC(=O)OC(C)(C)C. The number of nitrogens with one attached hydrogen (secondary N) is 1. The van der Waals surface area contributed by atoms with Crippen molar-refractivity contribution in [3.8, 4) is 0 Å². The molecule has 0 aromatic rings. The van der Waals surface area contributed by atoms with Gasteiger partial charge in [-0.15, -0.1) is 6.58 Å². The van der Waals surface area contributed by atoms with E-state index in [4.69, 9.17) is 9.47 Å². The van der Waals surface area contributed by atoms with Crippen LogP contribution < -0.4 is 5.32 Å². The third kappa shape index (κ3) is 9.87. The Morgan fingerprint density at radius 3 is 2.41 bits per heavy atom. The number of rotatable bonds is 6. The van der Waals surface area contributed by atoms with E-state index in [0.29, 0.717) is 12.5 Å². The number of amides is 1. The standard InChI is InChI=1S/C13H25NO3/c1-7-8-16-11(9-10(2)3)14-12(15)17-13(4,5)6/h7,10-11H,1,8-9H2,2-6H3,(H,14,15). The molecule has 0 aliphatic heterocycles. The Labute approximate surface area is 104 Å². The van der Waals surface area contributed by atoms with E-state index in [1.807, 2.05) is 20.8 Å². The fourth-order valence-electron chi connectivity index (χ4n) is 1.22. The van der Waals surface area contributed by atoms with Crippen LogP contribution in [0.1, 0.15) is 41.0 Å². The van der Waals surface area contributed by atoms with E-state index in [-0.39, 0.29) is 6.23 Å². The first kappa shape index (κ1) is 16.0. The van der Waals surface area contributed by atoms with E-state index in [9.17, 15) is 4.79 Å². The molecule has 0 aliphatic carbocycles. The Morgan fingerprint density at radius 2 is 2.00 bits per heavy atom. The van der Waals surface area contributed by atoms with Gasteiger partial charge in [-0.3, -0.25) is 5.32 Å². The van der Waals surface area contributed by atoms with Gasteiger partial charge < -0.3 is 9.47 Å². The molecule has 100 valence electrons. The predicted octanol–water partition coefficient (Wildman–Crippen LogP) is 3.09.